The Balaban J connectivity index is 2.57. The lowest BCUT2D eigenvalue weighted by Crippen LogP contribution is -2.24. The van der Waals surface area contributed by atoms with Gasteiger partial charge in [0.1, 0.15) is 0 Å². The van der Waals surface area contributed by atoms with Crippen LogP contribution in [0.25, 0.3) is 0 Å². The van der Waals surface area contributed by atoms with Gasteiger partial charge in [-0.05, 0) is 29.9 Å². The smallest absolute Gasteiger partial charge is 0.159 e. The third kappa shape index (κ3) is 4.79. The molecule has 1 atom stereocenters. The largest absolute Gasteiger partial charge is 0.356 e. The molecule has 1 rings (SSSR count). The molecular weight excluding hydrogens is 224 g/mol. The van der Waals surface area contributed by atoms with Crippen LogP contribution >= 0.6 is 0 Å². The van der Waals surface area contributed by atoms with Crippen molar-refractivity contribution in [2.75, 3.05) is 14.2 Å². The number of hydrogen-bond acceptors (Lipinski definition) is 2. The van der Waals surface area contributed by atoms with Crippen molar-refractivity contribution in [1.82, 2.24) is 0 Å². The molecule has 0 aliphatic carbocycles. The molecule has 0 saturated carbocycles. The van der Waals surface area contributed by atoms with Crippen LogP contribution < -0.4 is 0 Å². The first-order valence-corrected chi connectivity index (χ1v) is 6.70. The van der Waals surface area contributed by atoms with E-state index in [4.69, 9.17) is 9.47 Å². The average Bonchev–Trinajstić information content (AvgIpc) is 2.32. The van der Waals surface area contributed by atoms with Crippen LogP contribution in [-0.2, 0) is 22.3 Å². The summed E-state index contributed by atoms with van der Waals surface area (Å²) in [5.41, 5.74) is 2.76. The molecule has 0 spiro atoms. The predicted molar refractivity (Wildman–Crippen MR) is 75.7 cm³/mol. The highest BCUT2D eigenvalue weighted by Gasteiger charge is 2.16. The highest BCUT2D eigenvalue weighted by atomic mass is 16.7. The van der Waals surface area contributed by atoms with Gasteiger partial charge in [-0.2, -0.15) is 0 Å². The van der Waals surface area contributed by atoms with Crippen molar-refractivity contribution in [3.05, 3.63) is 35.4 Å². The second-order valence-electron chi connectivity index (χ2n) is 5.44. The Bertz CT molecular complexity index is 325. The minimum Gasteiger partial charge on any atom is -0.356 e. The topological polar surface area (TPSA) is 18.5 Å². The van der Waals surface area contributed by atoms with Crippen LogP contribution in [0.3, 0.4) is 0 Å². The van der Waals surface area contributed by atoms with Gasteiger partial charge in [0, 0.05) is 20.1 Å². The Hall–Kier alpha value is -0.860. The maximum absolute atomic E-state index is 5.29. The Labute approximate surface area is 111 Å². The molecule has 0 fully saturated rings. The van der Waals surface area contributed by atoms with Gasteiger partial charge in [-0.25, -0.2) is 0 Å². The van der Waals surface area contributed by atoms with Gasteiger partial charge >= 0.3 is 0 Å². The van der Waals surface area contributed by atoms with Crippen LogP contribution in [0.15, 0.2) is 24.3 Å². The second kappa shape index (κ2) is 7.55. The number of ether oxygens (including phenoxy) is 2. The third-order valence-corrected chi connectivity index (χ3v) is 3.15. The maximum Gasteiger partial charge on any atom is 0.159 e. The molecular formula is C16H26O2. The second-order valence-corrected chi connectivity index (χ2v) is 5.44. The normalized spacial score (nSPS) is 13.3. The fourth-order valence-corrected chi connectivity index (χ4v) is 2.31. The molecule has 0 amide bonds. The van der Waals surface area contributed by atoms with E-state index >= 15 is 0 Å². The first-order chi connectivity index (χ1) is 8.56. The minimum atomic E-state index is -0.125. The van der Waals surface area contributed by atoms with Crippen LogP contribution in [0.5, 0.6) is 0 Å². The fourth-order valence-electron chi connectivity index (χ4n) is 2.31. The van der Waals surface area contributed by atoms with Crippen LogP contribution in [0.2, 0.25) is 0 Å². The summed E-state index contributed by atoms with van der Waals surface area (Å²) >= 11 is 0. The lowest BCUT2D eigenvalue weighted by molar-refractivity contribution is -0.132. The maximum atomic E-state index is 5.29. The van der Waals surface area contributed by atoms with E-state index < -0.39 is 0 Å². The van der Waals surface area contributed by atoms with E-state index in [0.29, 0.717) is 11.8 Å². The molecule has 0 saturated heterocycles. The summed E-state index contributed by atoms with van der Waals surface area (Å²) in [4.78, 5) is 0. The minimum absolute atomic E-state index is 0.125. The number of benzene rings is 1. The first-order valence-electron chi connectivity index (χ1n) is 6.70. The molecule has 0 radical (unpaired) electrons. The van der Waals surface area contributed by atoms with Gasteiger partial charge in [-0.3, -0.25) is 0 Å². The molecule has 102 valence electrons. The molecule has 2 nitrogen and oxygen atoms in total. The molecule has 0 heterocycles. The zero-order chi connectivity index (χ0) is 13.5. The summed E-state index contributed by atoms with van der Waals surface area (Å²) in [6.07, 6.45) is 2.00. The van der Waals surface area contributed by atoms with Crippen molar-refractivity contribution >= 4 is 0 Å². The van der Waals surface area contributed by atoms with E-state index in [1.54, 1.807) is 14.2 Å². The van der Waals surface area contributed by atoms with E-state index in [1.165, 1.54) is 11.1 Å². The molecule has 0 aromatic heterocycles. The van der Waals surface area contributed by atoms with Gasteiger partial charge in [0.05, 0.1) is 0 Å². The monoisotopic (exact) mass is 250 g/mol. The summed E-state index contributed by atoms with van der Waals surface area (Å²) in [7, 11) is 3.38. The molecule has 18 heavy (non-hydrogen) atoms. The number of methoxy groups -OCH3 is 2. The van der Waals surface area contributed by atoms with Crippen LogP contribution in [-0.4, -0.2) is 20.5 Å². The lowest BCUT2D eigenvalue weighted by Gasteiger charge is -2.21. The molecule has 0 aliphatic heterocycles. The van der Waals surface area contributed by atoms with Gasteiger partial charge in [-0.15, -0.1) is 0 Å². The van der Waals surface area contributed by atoms with Crippen molar-refractivity contribution in [3.8, 4) is 0 Å². The molecule has 1 aromatic carbocycles. The fraction of sp³-hybridized carbons (Fsp3) is 0.625. The van der Waals surface area contributed by atoms with Gasteiger partial charge < -0.3 is 9.47 Å². The number of rotatable bonds is 7. The molecule has 0 N–H and O–H groups in total. The Morgan fingerprint density at radius 2 is 1.28 bits per heavy atom. The highest BCUT2D eigenvalue weighted by Crippen LogP contribution is 2.16. The van der Waals surface area contributed by atoms with Gasteiger partial charge in [0.15, 0.2) is 6.29 Å². The standard InChI is InChI=1S/C16H26O2/c1-12(2)10-14-6-8-15(9-7-14)11-13(3)16(17-4)18-5/h6-9,12-13,16H,10-11H2,1-5H3. The Morgan fingerprint density at radius 3 is 1.67 bits per heavy atom. The van der Waals surface area contributed by atoms with E-state index in [2.05, 4.69) is 45.0 Å². The van der Waals surface area contributed by atoms with Gasteiger partial charge in [-0.1, -0.05) is 45.0 Å². The quantitative estimate of drug-likeness (QED) is 0.687. The SMILES string of the molecule is COC(OC)C(C)Cc1ccc(CC(C)C)cc1. The summed E-state index contributed by atoms with van der Waals surface area (Å²) in [5.74, 6) is 1.07. The van der Waals surface area contributed by atoms with Crippen molar-refractivity contribution < 1.29 is 9.47 Å². The summed E-state index contributed by atoms with van der Waals surface area (Å²) < 4.78 is 10.6. The van der Waals surface area contributed by atoms with Gasteiger partial charge in [0.25, 0.3) is 0 Å². The lowest BCUT2D eigenvalue weighted by atomic mass is 9.97. The van der Waals surface area contributed by atoms with E-state index in [9.17, 15) is 0 Å². The molecule has 0 aliphatic rings. The zero-order valence-electron chi connectivity index (χ0n) is 12.3. The van der Waals surface area contributed by atoms with Crippen molar-refractivity contribution in [1.29, 1.82) is 0 Å². The van der Waals surface area contributed by atoms with E-state index in [-0.39, 0.29) is 6.29 Å². The highest BCUT2D eigenvalue weighted by molar-refractivity contribution is 5.23. The first kappa shape index (κ1) is 15.2. The number of hydrogen-bond donors (Lipinski definition) is 0. The Morgan fingerprint density at radius 1 is 0.833 bits per heavy atom. The molecule has 0 bridgehead atoms. The van der Waals surface area contributed by atoms with Crippen LogP contribution in [0, 0.1) is 11.8 Å². The van der Waals surface area contributed by atoms with Crippen LogP contribution in [0.4, 0.5) is 0 Å². The predicted octanol–water partition coefficient (Wildman–Crippen LogP) is 3.68. The third-order valence-electron chi connectivity index (χ3n) is 3.15. The summed E-state index contributed by atoms with van der Waals surface area (Å²) in [6, 6.07) is 8.90. The molecule has 2 heteroatoms. The summed E-state index contributed by atoms with van der Waals surface area (Å²) in [6.45, 7) is 6.65. The van der Waals surface area contributed by atoms with E-state index in [0.717, 1.165) is 12.8 Å². The zero-order valence-corrected chi connectivity index (χ0v) is 12.3. The molecule has 1 aromatic rings. The Kier molecular flexibility index (Phi) is 6.37. The van der Waals surface area contributed by atoms with Crippen molar-refractivity contribution in [3.63, 3.8) is 0 Å². The molecule has 1 unspecified atom stereocenters. The van der Waals surface area contributed by atoms with Crippen molar-refractivity contribution in [2.45, 2.75) is 39.9 Å². The van der Waals surface area contributed by atoms with E-state index in [1.807, 2.05) is 0 Å². The summed E-state index contributed by atoms with van der Waals surface area (Å²) in [5, 5.41) is 0. The average molecular weight is 250 g/mol. The van der Waals surface area contributed by atoms with Gasteiger partial charge in [0.2, 0.25) is 0 Å². The van der Waals surface area contributed by atoms with Crippen LogP contribution in [0.1, 0.15) is 31.9 Å². The van der Waals surface area contributed by atoms with Crippen molar-refractivity contribution in [2.24, 2.45) is 11.8 Å².